The molecule has 9 heteroatoms. The van der Waals surface area contributed by atoms with Gasteiger partial charge in [-0.1, -0.05) is 6.07 Å². The molecule has 1 aromatic carbocycles. The maximum atomic E-state index is 12.4. The molecule has 0 bridgehead atoms. The lowest BCUT2D eigenvalue weighted by Crippen LogP contribution is -2.41. The number of aromatic nitrogens is 2. The Morgan fingerprint density at radius 1 is 1.03 bits per heavy atom. The number of nitrogens with zero attached hydrogens (tertiary/aromatic N) is 2. The Labute approximate surface area is 167 Å². The third-order valence-electron chi connectivity index (χ3n) is 4.22. The Morgan fingerprint density at radius 3 is 2.38 bits per heavy atom. The molecule has 3 rings (SSSR count). The van der Waals surface area contributed by atoms with Gasteiger partial charge in [0.15, 0.2) is 0 Å². The molecule has 0 fully saturated rings. The fourth-order valence-corrected chi connectivity index (χ4v) is 2.54. The predicted octanol–water partition coefficient (Wildman–Crippen LogP) is 2.43. The van der Waals surface area contributed by atoms with Crippen molar-refractivity contribution < 1.29 is 18.8 Å². The van der Waals surface area contributed by atoms with Crippen LogP contribution in [0.25, 0.3) is 0 Å². The van der Waals surface area contributed by atoms with Crippen molar-refractivity contribution in [2.75, 3.05) is 10.6 Å². The van der Waals surface area contributed by atoms with Crippen molar-refractivity contribution in [3.63, 3.8) is 0 Å². The molecule has 0 saturated heterocycles. The molecule has 29 heavy (non-hydrogen) atoms. The minimum absolute atomic E-state index is 0.238. The van der Waals surface area contributed by atoms with Gasteiger partial charge < -0.3 is 20.4 Å². The Hall–Kier alpha value is -3.88. The summed E-state index contributed by atoms with van der Waals surface area (Å²) in [5.74, 6) is -1.04. The average Bonchev–Trinajstić information content (AvgIpc) is 3.41. The molecule has 0 saturated carbocycles. The van der Waals surface area contributed by atoms with Crippen LogP contribution in [0.5, 0.6) is 0 Å². The topological polar surface area (TPSA) is 118 Å². The van der Waals surface area contributed by atoms with Crippen molar-refractivity contribution in [3.8, 4) is 0 Å². The number of nitrogens with one attached hydrogen (secondary N) is 3. The zero-order valence-electron chi connectivity index (χ0n) is 16.0. The van der Waals surface area contributed by atoms with Crippen LogP contribution in [-0.4, -0.2) is 33.5 Å². The lowest BCUT2D eigenvalue weighted by atomic mass is 10.2. The first-order valence-electron chi connectivity index (χ1n) is 8.98. The fourth-order valence-electron chi connectivity index (χ4n) is 2.54. The van der Waals surface area contributed by atoms with E-state index in [1.165, 1.54) is 18.6 Å². The molecule has 2 aromatic heterocycles. The minimum atomic E-state index is -0.768. The molecule has 3 amide bonds. The van der Waals surface area contributed by atoms with Gasteiger partial charge in [0.2, 0.25) is 11.8 Å². The SMILES string of the molecule is C[C@H](NC(=O)c1ccoc1)C(=O)Nc1cccc(NC(=O)[C@@H](C)n2cccn2)c1. The van der Waals surface area contributed by atoms with Gasteiger partial charge in [-0.3, -0.25) is 19.1 Å². The third kappa shape index (κ3) is 5.10. The fraction of sp³-hybridized carbons (Fsp3) is 0.200. The van der Waals surface area contributed by atoms with E-state index in [9.17, 15) is 14.4 Å². The number of amides is 3. The van der Waals surface area contributed by atoms with Gasteiger partial charge in [0.25, 0.3) is 5.91 Å². The van der Waals surface area contributed by atoms with Crippen LogP contribution in [0.1, 0.15) is 30.2 Å². The second-order valence-corrected chi connectivity index (χ2v) is 6.43. The van der Waals surface area contributed by atoms with Crippen molar-refractivity contribution in [2.24, 2.45) is 0 Å². The number of carbonyl (C=O) groups excluding carboxylic acids is 3. The van der Waals surface area contributed by atoms with Crippen molar-refractivity contribution in [1.82, 2.24) is 15.1 Å². The summed E-state index contributed by atoms with van der Waals surface area (Å²) in [7, 11) is 0. The second-order valence-electron chi connectivity index (χ2n) is 6.43. The summed E-state index contributed by atoms with van der Waals surface area (Å²) in [4.78, 5) is 36.7. The largest absolute Gasteiger partial charge is 0.472 e. The van der Waals surface area contributed by atoms with Crippen LogP contribution in [0, 0.1) is 0 Å². The first-order chi connectivity index (χ1) is 13.9. The Bertz CT molecular complexity index is 982. The summed E-state index contributed by atoms with van der Waals surface area (Å²) in [6.07, 6.45) is 6.00. The number of hydrogen-bond acceptors (Lipinski definition) is 5. The summed E-state index contributed by atoms with van der Waals surface area (Å²) in [5, 5.41) is 12.2. The number of furan rings is 1. The summed E-state index contributed by atoms with van der Waals surface area (Å²) >= 11 is 0. The van der Waals surface area contributed by atoms with E-state index in [1.807, 2.05) is 0 Å². The van der Waals surface area contributed by atoms with Gasteiger partial charge in [0.05, 0.1) is 11.8 Å². The van der Waals surface area contributed by atoms with Crippen LogP contribution in [0.4, 0.5) is 11.4 Å². The van der Waals surface area contributed by atoms with Gasteiger partial charge in [-0.15, -0.1) is 0 Å². The number of anilines is 2. The lowest BCUT2D eigenvalue weighted by molar-refractivity contribution is -0.119. The minimum Gasteiger partial charge on any atom is -0.472 e. The molecule has 0 unspecified atom stereocenters. The molecule has 0 aliphatic heterocycles. The van der Waals surface area contributed by atoms with E-state index in [1.54, 1.807) is 61.3 Å². The van der Waals surface area contributed by atoms with Gasteiger partial charge in [0.1, 0.15) is 18.3 Å². The number of hydrogen-bond donors (Lipinski definition) is 3. The molecule has 2 heterocycles. The normalized spacial score (nSPS) is 12.6. The number of benzene rings is 1. The van der Waals surface area contributed by atoms with Crippen LogP contribution in [0.3, 0.4) is 0 Å². The summed E-state index contributed by atoms with van der Waals surface area (Å²) in [6, 6.07) is 8.75. The Balaban J connectivity index is 1.58. The van der Waals surface area contributed by atoms with E-state index >= 15 is 0 Å². The molecular weight excluding hydrogens is 374 g/mol. The zero-order valence-corrected chi connectivity index (χ0v) is 16.0. The first kappa shape index (κ1) is 19.9. The van der Waals surface area contributed by atoms with Crippen LogP contribution < -0.4 is 16.0 Å². The maximum absolute atomic E-state index is 12.4. The highest BCUT2D eigenvalue weighted by Crippen LogP contribution is 2.17. The van der Waals surface area contributed by atoms with E-state index in [0.717, 1.165) is 0 Å². The molecule has 0 radical (unpaired) electrons. The van der Waals surface area contributed by atoms with E-state index in [2.05, 4.69) is 21.0 Å². The van der Waals surface area contributed by atoms with E-state index in [0.29, 0.717) is 16.9 Å². The highest BCUT2D eigenvalue weighted by Gasteiger charge is 2.18. The second kappa shape index (κ2) is 8.87. The molecule has 0 aliphatic carbocycles. The van der Waals surface area contributed by atoms with Gasteiger partial charge in [-0.25, -0.2) is 0 Å². The number of rotatable bonds is 7. The Kier molecular flexibility index (Phi) is 6.08. The summed E-state index contributed by atoms with van der Waals surface area (Å²) in [5.41, 5.74) is 1.35. The molecule has 0 aliphatic rings. The summed E-state index contributed by atoms with van der Waals surface area (Å²) < 4.78 is 6.40. The molecule has 3 N–H and O–H groups in total. The van der Waals surface area contributed by atoms with Gasteiger partial charge in [-0.05, 0) is 44.2 Å². The smallest absolute Gasteiger partial charge is 0.255 e. The van der Waals surface area contributed by atoms with Crippen LogP contribution in [-0.2, 0) is 9.59 Å². The van der Waals surface area contributed by atoms with Gasteiger partial charge in [0, 0.05) is 23.8 Å². The van der Waals surface area contributed by atoms with Crippen molar-refractivity contribution in [3.05, 3.63) is 66.9 Å². The van der Waals surface area contributed by atoms with Crippen molar-refractivity contribution in [2.45, 2.75) is 25.9 Å². The van der Waals surface area contributed by atoms with Crippen LogP contribution >= 0.6 is 0 Å². The standard InChI is InChI=1S/C20H21N5O4/c1-13(22-20(28)15-7-10-29-12-15)18(26)23-16-5-3-6-17(11-16)24-19(27)14(2)25-9-4-8-21-25/h3-14H,1-2H3,(H,22,28)(H,23,26)(H,24,27)/t13-,14+/m0/s1. The van der Waals surface area contributed by atoms with Crippen LogP contribution in [0.2, 0.25) is 0 Å². The maximum Gasteiger partial charge on any atom is 0.255 e. The van der Waals surface area contributed by atoms with E-state index < -0.39 is 23.9 Å². The molecule has 3 aromatic rings. The van der Waals surface area contributed by atoms with Crippen LogP contribution in [0.15, 0.2) is 65.7 Å². The first-order valence-corrected chi connectivity index (χ1v) is 8.98. The van der Waals surface area contributed by atoms with E-state index in [-0.39, 0.29) is 5.91 Å². The predicted molar refractivity (Wildman–Crippen MR) is 106 cm³/mol. The quantitative estimate of drug-likeness (QED) is 0.568. The summed E-state index contributed by atoms with van der Waals surface area (Å²) in [6.45, 7) is 3.31. The van der Waals surface area contributed by atoms with E-state index in [4.69, 9.17) is 4.42 Å². The highest BCUT2D eigenvalue weighted by atomic mass is 16.3. The van der Waals surface area contributed by atoms with Crippen molar-refractivity contribution >= 4 is 29.1 Å². The zero-order chi connectivity index (χ0) is 20.8. The van der Waals surface area contributed by atoms with Gasteiger partial charge in [-0.2, -0.15) is 5.10 Å². The monoisotopic (exact) mass is 395 g/mol. The van der Waals surface area contributed by atoms with Crippen molar-refractivity contribution in [1.29, 1.82) is 0 Å². The lowest BCUT2D eigenvalue weighted by Gasteiger charge is -2.15. The molecular formula is C20H21N5O4. The average molecular weight is 395 g/mol. The molecule has 9 nitrogen and oxygen atoms in total. The van der Waals surface area contributed by atoms with Gasteiger partial charge >= 0.3 is 0 Å². The third-order valence-corrected chi connectivity index (χ3v) is 4.22. The number of carbonyl (C=O) groups is 3. The molecule has 2 atom stereocenters. The highest BCUT2D eigenvalue weighted by molar-refractivity contribution is 6.01. The Morgan fingerprint density at radius 2 is 1.76 bits per heavy atom. The molecule has 0 spiro atoms. The molecule has 150 valence electrons.